The molecule has 1 aliphatic rings. The van der Waals surface area contributed by atoms with Crippen LogP contribution in [0.5, 0.6) is 0 Å². The highest BCUT2D eigenvalue weighted by molar-refractivity contribution is 6.33. The lowest BCUT2D eigenvalue weighted by atomic mass is 10.1. The van der Waals surface area contributed by atoms with E-state index in [0.29, 0.717) is 0 Å². The van der Waals surface area contributed by atoms with E-state index in [0.717, 1.165) is 37.7 Å². The topological polar surface area (TPSA) is 26.7 Å². The van der Waals surface area contributed by atoms with Crippen LogP contribution in [0.1, 0.15) is 11.1 Å². The molecular weight excluding hydrogens is 248 g/mol. The fourth-order valence-corrected chi connectivity index (χ4v) is 3.09. The molecule has 3 nitrogen and oxygen atoms in total. The van der Waals surface area contributed by atoms with Crippen LogP contribution in [0.25, 0.3) is 0 Å². The Morgan fingerprint density at radius 1 is 1.17 bits per heavy atom. The Labute approximate surface area is 114 Å². The molecule has 0 aliphatic carbocycles. The lowest BCUT2D eigenvalue weighted by Gasteiger charge is -2.37. The van der Waals surface area contributed by atoms with Crippen LogP contribution in [0.4, 0.5) is 5.69 Å². The molecule has 1 saturated heterocycles. The van der Waals surface area contributed by atoms with E-state index in [1.807, 2.05) is 6.07 Å². The molecule has 1 fully saturated rings. The Kier molecular flexibility index (Phi) is 4.49. The SMILES string of the molecule is Cc1cc(C)c(N2CCN(CCO)CC2)c(Cl)c1. The van der Waals surface area contributed by atoms with Gasteiger partial charge in [0.25, 0.3) is 0 Å². The van der Waals surface area contributed by atoms with E-state index >= 15 is 0 Å². The molecule has 4 heteroatoms. The van der Waals surface area contributed by atoms with Gasteiger partial charge in [0.05, 0.1) is 17.3 Å². The molecule has 0 spiro atoms. The normalized spacial score (nSPS) is 17.2. The molecule has 0 saturated carbocycles. The first-order valence-electron chi connectivity index (χ1n) is 6.46. The molecule has 0 unspecified atom stereocenters. The Morgan fingerprint density at radius 2 is 1.83 bits per heavy atom. The molecule has 0 amide bonds. The molecule has 1 heterocycles. The van der Waals surface area contributed by atoms with Crippen molar-refractivity contribution in [1.82, 2.24) is 4.90 Å². The maximum atomic E-state index is 8.94. The highest BCUT2D eigenvalue weighted by Crippen LogP contribution is 2.31. The van der Waals surface area contributed by atoms with Crippen LogP contribution in [0.2, 0.25) is 5.02 Å². The number of nitrogens with zero attached hydrogens (tertiary/aromatic N) is 2. The number of rotatable bonds is 3. The van der Waals surface area contributed by atoms with Gasteiger partial charge < -0.3 is 10.0 Å². The van der Waals surface area contributed by atoms with Crippen LogP contribution in [0.3, 0.4) is 0 Å². The molecule has 1 aliphatic heterocycles. The zero-order valence-electron chi connectivity index (χ0n) is 11.1. The van der Waals surface area contributed by atoms with Crippen LogP contribution >= 0.6 is 11.6 Å². The average Bonchev–Trinajstić information content (AvgIpc) is 2.30. The van der Waals surface area contributed by atoms with Gasteiger partial charge in [-0.25, -0.2) is 0 Å². The minimum absolute atomic E-state index is 0.240. The van der Waals surface area contributed by atoms with Gasteiger partial charge >= 0.3 is 0 Å². The van der Waals surface area contributed by atoms with Gasteiger partial charge in [-0.2, -0.15) is 0 Å². The summed E-state index contributed by atoms with van der Waals surface area (Å²) in [5.74, 6) is 0. The summed E-state index contributed by atoms with van der Waals surface area (Å²) in [6.07, 6.45) is 0. The van der Waals surface area contributed by atoms with Gasteiger partial charge in [-0.3, -0.25) is 4.90 Å². The van der Waals surface area contributed by atoms with Crippen molar-refractivity contribution in [3.8, 4) is 0 Å². The van der Waals surface area contributed by atoms with Crippen molar-refractivity contribution in [2.75, 3.05) is 44.2 Å². The fraction of sp³-hybridized carbons (Fsp3) is 0.571. The van der Waals surface area contributed by atoms with Crippen molar-refractivity contribution in [3.05, 3.63) is 28.3 Å². The summed E-state index contributed by atoms with van der Waals surface area (Å²) < 4.78 is 0. The average molecular weight is 269 g/mol. The zero-order chi connectivity index (χ0) is 13.1. The number of hydrogen-bond donors (Lipinski definition) is 1. The summed E-state index contributed by atoms with van der Waals surface area (Å²) in [5, 5.41) is 9.79. The Hall–Kier alpha value is -0.770. The molecule has 0 atom stereocenters. The quantitative estimate of drug-likeness (QED) is 0.909. The van der Waals surface area contributed by atoms with Crippen molar-refractivity contribution in [3.63, 3.8) is 0 Å². The molecule has 1 N–H and O–H groups in total. The summed E-state index contributed by atoms with van der Waals surface area (Å²) in [7, 11) is 0. The van der Waals surface area contributed by atoms with Crippen LogP contribution in [0, 0.1) is 13.8 Å². The molecule has 2 rings (SSSR count). The Morgan fingerprint density at radius 3 is 2.39 bits per heavy atom. The first-order valence-corrected chi connectivity index (χ1v) is 6.84. The van der Waals surface area contributed by atoms with Crippen LogP contribution < -0.4 is 4.90 Å². The summed E-state index contributed by atoms with van der Waals surface area (Å²) >= 11 is 6.37. The molecule has 100 valence electrons. The van der Waals surface area contributed by atoms with Crippen molar-refractivity contribution in [2.45, 2.75) is 13.8 Å². The highest BCUT2D eigenvalue weighted by atomic mass is 35.5. The summed E-state index contributed by atoms with van der Waals surface area (Å²) in [6.45, 7) is 9.14. The lowest BCUT2D eigenvalue weighted by Crippen LogP contribution is -2.47. The lowest BCUT2D eigenvalue weighted by molar-refractivity contribution is 0.188. The number of aryl methyl sites for hydroxylation is 2. The van der Waals surface area contributed by atoms with E-state index in [4.69, 9.17) is 16.7 Å². The number of β-amino-alcohol motifs (C(OH)–C–C–N with tert-alkyl or cyclic N) is 1. The van der Waals surface area contributed by atoms with Crippen molar-refractivity contribution >= 4 is 17.3 Å². The largest absolute Gasteiger partial charge is 0.395 e. The van der Waals surface area contributed by atoms with Gasteiger partial charge in [-0.1, -0.05) is 17.7 Å². The number of benzene rings is 1. The molecular formula is C14H21ClN2O. The van der Waals surface area contributed by atoms with Crippen molar-refractivity contribution in [1.29, 1.82) is 0 Å². The number of piperazine rings is 1. The first-order chi connectivity index (χ1) is 8.61. The summed E-state index contributed by atoms with van der Waals surface area (Å²) in [5.41, 5.74) is 3.63. The number of aliphatic hydroxyl groups excluding tert-OH is 1. The molecule has 1 aromatic carbocycles. The Balaban J connectivity index is 2.10. The second-order valence-electron chi connectivity index (χ2n) is 4.96. The highest BCUT2D eigenvalue weighted by Gasteiger charge is 2.19. The second kappa shape index (κ2) is 5.91. The Bertz CT molecular complexity index is 391. The summed E-state index contributed by atoms with van der Waals surface area (Å²) in [4.78, 5) is 4.64. The molecule has 0 aromatic heterocycles. The predicted octanol–water partition coefficient (Wildman–Crippen LogP) is 2.07. The maximum absolute atomic E-state index is 8.94. The monoisotopic (exact) mass is 268 g/mol. The maximum Gasteiger partial charge on any atom is 0.0644 e. The van der Waals surface area contributed by atoms with Crippen LogP contribution in [-0.2, 0) is 0 Å². The third-order valence-electron chi connectivity index (χ3n) is 3.50. The summed E-state index contributed by atoms with van der Waals surface area (Å²) in [6, 6.07) is 4.21. The third kappa shape index (κ3) is 2.97. The standard InChI is InChI=1S/C14H21ClN2O/c1-11-9-12(2)14(13(15)10-11)17-5-3-16(4-6-17)7-8-18/h9-10,18H,3-8H2,1-2H3. The zero-order valence-corrected chi connectivity index (χ0v) is 11.9. The first kappa shape index (κ1) is 13.7. The second-order valence-corrected chi connectivity index (χ2v) is 5.37. The van der Waals surface area contributed by atoms with Gasteiger partial charge in [-0.05, 0) is 31.0 Å². The van der Waals surface area contributed by atoms with E-state index in [2.05, 4.69) is 29.7 Å². The van der Waals surface area contributed by atoms with E-state index in [9.17, 15) is 0 Å². The van der Waals surface area contributed by atoms with Crippen LogP contribution in [0.15, 0.2) is 12.1 Å². The number of hydrogen-bond acceptors (Lipinski definition) is 3. The van der Waals surface area contributed by atoms with Gasteiger partial charge in [-0.15, -0.1) is 0 Å². The minimum Gasteiger partial charge on any atom is -0.395 e. The minimum atomic E-state index is 0.240. The molecule has 0 bridgehead atoms. The van der Waals surface area contributed by atoms with Crippen LogP contribution in [-0.4, -0.2) is 49.3 Å². The van der Waals surface area contributed by atoms with Crippen molar-refractivity contribution < 1.29 is 5.11 Å². The van der Waals surface area contributed by atoms with Gasteiger partial charge in [0, 0.05) is 32.7 Å². The number of anilines is 1. The van der Waals surface area contributed by atoms with Gasteiger partial charge in [0.2, 0.25) is 0 Å². The molecule has 1 aromatic rings. The van der Waals surface area contributed by atoms with Gasteiger partial charge in [0.1, 0.15) is 0 Å². The van der Waals surface area contributed by atoms with E-state index in [1.54, 1.807) is 0 Å². The van der Waals surface area contributed by atoms with Gasteiger partial charge in [0.15, 0.2) is 0 Å². The fourth-order valence-electron chi connectivity index (χ4n) is 2.65. The van der Waals surface area contributed by atoms with E-state index in [-0.39, 0.29) is 6.61 Å². The number of aliphatic hydroxyl groups is 1. The van der Waals surface area contributed by atoms with E-state index in [1.165, 1.54) is 16.8 Å². The smallest absolute Gasteiger partial charge is 0.0644 e. The third-order valence-corrected chi connectivity index (χ3v) is 3.79. The van der Waals surface area contributed by atoms with Crippen molar-refractivity contribution in [2.24, 2.45) is 0 Å². The molecule has 0 radical (unpaired) electrons. The molecule has 18 heavy (non-hydrogen) atoms. The predicted molar refractivity (Wildman–Crippen MR) is 76.7 cm³/mol. The van der Waals surface area contributed by atoms with E-state index < -0.39 is 0 Å². The number of halogens is 1.